The molecule has 0 aromatic heterocycles. The van der Waals surface area contributed by atoms with Crippen molar-refractivity contribution in [3.05, 3.63) is 59.7 Å². The Kier molecular flexibility index (Phi) is 5.46. The van der Waals surface area contributed by atoms with Gasteiger partial charge in [-0.15, -0.1) is 0 Å². The minimum absolute atomic E-state index is 0.0736. The van der Waals surface area contributed by atoms with E-state index in [4.69, 9.17) is 9.47 Å². The number of carbonyl (C=O) groups excluding carboxylic acids is 1. The molecular formula is C19H20N2O5S. The largest absolute Gasteiger partial charge is 0.490 e. The first-order chi connectivity index (χ1) is 12.9. The maximum absolute atomic E-state index is 12.1. The van der Waals surface area contributed by atoms with Gasteiger partial charge in [0.25, 0.3) is 10.0 Å². The molecule has 2 aromatic carbocycles. The second-order valence-corrected chi connectivity index (χ2v) is 7.74. The summed E-state index contributed by atoms with van der Waals surface area (Å²) < 4.78 is 37.1. The fourth-order valence-electron chi connectivity index (χ4n) is 2.53. The van der Waals surface area contributed by atoms with Crippen molar-refractivity contribution in [3.63, 3.8) is 0 Å². The first-order valence-corrected chi connectivity index (χ1v) is 9.91. The van der Waals surface area contributed by atoms with E-state index < -0.39 is 22.0 Å². The zero-order chi connectivity index (χ0) is 19.4. The quantitative estimate of drug-likeness (QED) is 0.604. The highest BCUT2D eigenvalue weighted by atomic mass is 32.2. The van der Waals surface area contributed by atoms with Gasteiger partial charge in [0.1, 0.15) is 30.8 Å². The number of nitrogens with zero attached hydrogens (tertiary/aromatic N) is 1. The second-order valence-electron chi connectivity index (χ2n) is 6.08. The van der Waals surface area contributed by atoms with Crippen LogP contribution in [0.2, 0.25) is 0 Å². The Hall–Kier alpha value is -2.87. The van der Waals surface area contributed by atoms with Crippen molar-refractivity contribution in [2.45, 2.75) is 24.8 Å². The van der Waals surface area contributed by atoms with Crippen molar-refractivity contribution in [1.82, 2.24) is 4.72 Å². The Balaban J connectivity index is 1.55. The highest BCUT2D eigenvalue weighted by Crippen LogP contribution is 2.22. The number of aryl methyl sites for hydroxylation is 1. The molecule has 0 saturated heterocycles. The molecule has 0 fully saturated rings. The van der Waals surface area contributed by atoms with Gasteiger partial charge in [0.15, 0.2) is 0 Å². The predicted octanol–water partition coefficient (Wildman–Crippen LogP) is 2.04. The van der Waals surface area contributed by atoms with Gasteiger partial charge in [0.2, 0.25) is 0 Å². The number of carbonyl (C=O) groups is 1. The van der Waals surface area contributed by atoms with Gasteiger partial charge >= 0.3 is 5.97 Å². The summed E-state index contributed by atoms with van der Waals surface area (Å²) in [5.41, 5.74) is 1.57. The van der Waals surface area contributed by atoms with Crippen LogP contribution >= 0.6 is 0 Å². The lowest BCUT2D eigenvalue weighted by Crippen LogP contribution is -2.27. The topological polar surface area (TPSA) is 94.1 Å². The summed E-state index contributed by atoms with van der Waals surface area (Å²) in [6, 6.07) is 13.2. The van der Waals surface area contributed by atoms with Gasteiger partial charge in [-0.05, 0) is 38.1 Å². The first-order valence-electron chi connectivity index (χ1n) is 8.43. The van der Waals surface area contributed by atoms with Crippen LogP contribution in [0.3, 0.4) is 0 Å². The molecule has 7 nitrogen and oxygen atoms in total. The molecule has 0 radical (unpaired) electrons. The van der Waals surface area contributed by atoms with Crippen LogP contribution in [0.5, 0.6) is 5.75 Å². The van der Waals surface area contributed by atoms with Gasteiger partial charge in [-0.2, -0.15) is 0 Å². The summed E-state index contributed by atoms with van der Waals surface area (Å²) >= 11 is 0. The number of aliphatic imine (C=N–C) groups is 1. The lowest BCUT2D eigenvalue weighted by Gasteiger charge is -2.10. The molecule has 1 aliphatic rings. The van der Waals surface area contributed by atoms with Crippen LogP contribution in [0.4, 0.5) is 0 Å². The molecule has 142 valence electrons. The zero-order valence-corrected chi connectivity index (χ0v) is 15.8. The van der Waals surface area contributed by atoms with E-state index in [1.807, 2.05) is 31.2 Å². The summed E-state index contributed by atoms with van der Waals surface area (Å²) in [7, 11) is -3.63. The molecule has 1 heterocycles. The third-order valence-electron chi connectivity index (χ3n) is 3.94. The Morgan fingerprint density at radius 2 is 1.81 bits per heavy atom. The number of nitrogens with one attached hydrogen (secondary N) is 1. The Morgan fingerprint density at radius 1 is 1.11 bits per heavy atom. The lowest BCUT2D eigenvalue weighted by atomic mass is 10.2. The molecule has 1 N–H and O–H groups in total. The van der Waals surface area contributed by atoms with Crippen LogP contribution in [0.25, 0.3) is 0 Å². The first kappa shape index (κ1) is 18.9. The van der Waals surface area contributed by atoms with Gasteiger partial charge < -0.3 is 9.47 Å². The number of benzene rings is 2. The van der Waals surface area contributed by atoms with Gasteiger partial charge in [-0.1, -0.05) is 29.8 Å². The smallest absolute Gasteiger partial charge is 0.330 e. The molecule has 2 aromatic rings. The molecule has 1 atom stereocenters. The van der Waals surface area contributed by atoms with Crippen molar-refractivity contribution in [2.24, 2.45) is 4.99 Å². The lowest BCUT2D eigenvalue weighted by molar-refractivity contribution is -0.145. The second kappa shape index (κ2) is 7.79. The highest BCUT2D eigenvalue weighted by molar-refractivity contribution is 7.90. The zero-order valence-electron chi connectivity index (χ0n) is 15.0. The number of esters is 1. The van der Waals surface area contributed by atoms with Crippen LogP contribution < -0.4 is 9.46 Å². The molecule has 1 aliphatic heterocycles. The number of rotatable bonds is 6. The average Bonchev–Trinajstić information content (AvgIpc) is 2.90. The number of fused-ring (bicyclic) bond motifs is 1. The van der Waals surface area contributed by atoms with Crippen LogP contribution in [-0.4, -0.2) is 39.5 Å². The number of hydrogen-bond acceptors (Lipinski definition) is 6. The summed E-state index contributed by atoms with van der Waals surface area (Å²) in [6.07, 6.45) is 0. The highest BCUT2D eigenvalue weighted by Gasteiger charge is 2.31. The SMILES string of the molecule is Cc1ccc(OCCOC(=O)C(C)N=C2NS(=O)(=O)c3ccccc32)cc1. The minimum Gasteiger partial charge on any atom is -0.490 e. The van der Waals surface area contributed by atoms with Crippen molar-refractivity contribution in [2.75, 3.05) is 13.2 Å². The van der Waals surface area contributed by atoms with Crippen molar-refractivity contribution < 1.29 is 22.7 Å². The third kappa shape index (κ3) is 4.46. The maximum Gasteiger partial charge on any atom is 0.330 e. The number of sulfonamides is 1. The maximum atomic E-state index is 12.1. The normalized spacial score (nSPS) is 17.0. The van der Waals surface area contributed by atoms with E-state index in [0.29, 0.717) is 11.3 Å². The number of ether oxygens (including phenoxy) is 2. The van der Waals surface area contributed by atoms with Crippen molar-refractivity contribution >= 4 is 21.8 Å². The van der Waals surface area contributed by atoms with Gasteiger partial charge in [-0.25, -0.2) is 13.2 Å². The van der Waals surface area contributed by atoms with E-state index in [-0.39, 0.29) is 23.9 Å². The summed E-state index contributed by atoms with van der Waals surface area (Å²) in [4.78, 5) is 16.4. The molecule has 8 heteroatoms. The van der Waals surface area contributed by atoms with Crippen LogP contribution in [0, 0.1) is 6.92 Å². The third-order valence-corrected chi connectivity index (χ3v) is 5.34. The summed E-state index contributed by atoms with van der Waals surface area (Å²) in [5, 5.41) is 0. The number of hydrogen-bond donors (Lipinski definition) is 1. The standard InChI is InChI=1S/C19H20N2O5S/c1-13-7-9-15(10-8-13)25-11-12-26-19(22)14(2)20-18-16-5-3-4-6-17(16)27(23,24)21-18/h3-10,14H,11-12H2,1-2H3,(H,20,21). The van der Waals surface area contributed by atoms with Gasteiger partial charge in [-0.3, -0.25) is 9.71 Å². The van der Waals surface area contributed by atoms with E-state index in [2.05, 4.69) is 9.71 Å². The van der Waals surface area contributed by atoms with Gasteiger partial charge in [0.05, 0.1) is 4.90 Å². The fraction of sp³-hybridized carbons (Fsp3) is 0.263. The van der Waals surface area contributed by atoms with Crippen LogP contribution in [0.15, 0.2) is 58.4 Å². The predicted molar refractivity (Wildman–Crippen MR) is 100 cm³/mol. The van der Waals surface area contributed by atoms with Crippen molar-refractivity contribution in [1.29, 1.82) is 0 Å². The van der Waals surface area contributed by atoms with E-state index in [1.165, 1.54) is 6.07 Å². The fourth-order valence-corrected chi connectivity index (χ4v) is 3.77. The van der Waals surface area contributed by atoms with E-state index >= 15 is 0 Å². The van der Waals surface area contributed by atoms with E-state index in [1.54, 1.807) is 25.1 Å². The Labute approximate surface area is 158 Å². The average molecular weight is 388 g/mol. The van der Waals surface area contributed by atoms with E-state index in [9.17, 15) is 13.2 Å². The van der Waals surface area contributed by atoms with E-state index in [0.717, 1.165) is 5.56 Å². The van der Waals surface area contributed by atoms with Crippen LogP contribution in [-0.2, 0) is 19.6 Å². The molecule has 0 aliphatic carbocycles. The molecule has 1 unspecified atom stereocenters. The molecule has 27 heavy (non-hydrogen) atoms. The molecule has 0 bridgehead atoms. The minimum atomic E-state index is -3.63. The number of amidine groups is 1. The Bertz CT molecular complexity index is 968. The Morgan fingerprint density at radius 3 is 2.56 bits per heavy atom. The molecule has 3 rings (SSSR count). The van der Waals surface area contributed by atoms with Crippen LogP contribution in [0.1, 0.15) is 18.1 Å². The summed E-state index contributed by atoms with van der Waals surface area (Å²) in [6.45, 7) is 3.82. The molecular weight excluding hydrogens is 368 g/mol. The monoisotopic (exact) mass is 388 g/mol. The molecule has 0 amide bonds. The van der Waals surface area contributed by atoms with Gasteiger partial charge in [0, 0.05) is 5.56 Å². The van der Waals surface area contributed by atoms with Crippen molar-refractivity contribution in [3.8, 4) is 5.75 Å². The summed E-state index contributed by atoms with van der Waals surface area (Å²) in [5.74, 6) is 0.284. The molecule has 0 saturated carbocycles. The molecule has 0 spiro atoms.